The van der Waals surface area contributed by atoms with E-state index in [0.717, 1.165) is 18.2 Å². The topological polar surface area (TPSA) is 18.5 Å². The number of hydrogen-bond donors (Lipinski definition) is 0. The maximum absolute atomic E-state index is 13.5. The van der Waals surface area contributed by atoms with Gasteiger partial charge in [0.25, 0.3) is 0 Å². The highest BCUT2D eigenvalue weighted by molar-refractivity contribution is 6.18. The molecule has 1 heterocycles. The monoisotopic (exact) mass is 248 g/mol. The van der Waals surface area contributed by atoms with Gasteiger partial charge in [-0.25, -0.2) is 8.78 Å². The van der Waals surface area contributed by atoms with Crippen molar-refractivity contribution in [3.63, 3.8) is 0 Å². The van der Waals surface area contributed by atoms with E-state index in [2.05, 4.69) is 0 Å². The van der Waals surface area contributed by atoms with Crippen molar-refractivity contribution in [1.29, 1.82) is 0 Å². The molecular formula is C11H11ClF2O2. The van der Waals surface area contributed by atoms with E-state index in [0.29, 0.717) is 0 Å². The molecule has 1 aliphatic rings. The van der Waals surface area contributed by atoms with Crippen LogP contribution in [0.25, 0.3) is 0 Å². The maximum Gasteiger partial charge on any atom is 0.195 e. The molecule has 0 aliphatic carbocycles. The Labute approximate surface area is 97.1 Å². The predicted molar refractivity (Wildman–Crippen MR) is 55.3 cm³/mol. The zero-order valence-electron chi connectivity index (χ0n) is 8.67. The second kappa shape index (κ2) is 4.28. The van der Waals surface area contributed by atoms with Gasteiger partial charge in [0.2, 0.25) is 0 Å². The fourth-order valence-corrected chi connectivity index (χ4v) is 1.85. The minimum absolute atomic E-state index is 0.0557. The molecule has 0 saturated carbocycles. The van der Waals surface area contributed by atoms with E-state index in [9.17, 15) is 8.78 Å². The van der Waals surface area contributed by atoms with Crippen LogP contribution >= 0.6 is 11.6 Å². The summed E-state index contributed by atoms with van der Waals surface area (Å²) in [6.45, 7) is 1.83. The van der Waals surface area contributed by atoms with Gasteiger partial charge in [-0.3, -0.25) is 0 Å². The van der Waals surface area contributed by atoms with Gasteiger partial charge >= 0.3 is 0 Å². The summed E-state index contributed by atoms with van der Waals surface area (Å²) < 4.78 is 37.4. The molecule has 1 aliphatic heterocycles. The molecule has 0 radical (unpaired) electrons. The SMILES string of the molecule is CC1(c2cc(F)ccc2F)OCC(CCl)O1. The normalized spacial score (nSPS) is 29.6. The van der Waals surface area contributed by atoms with Gasteiger partial charge < -0.3 is 9.47 Å². The number of alkyl halides is 1. The van der Waals surface area contributed by atoms with Crippen LogP contribution < -0.4 is 0 Å². The first-order chi connectivity index (χ1) is 7.55. The average Bonchev–Trinajstić information content (AvgIpc) is 2.65. The van der Waals surface area contributed by atoms with E-state index in [1.165, 1.54) is 0 Å². The lowest BCUT2D eigenvalue weighted by molar-refractivity contribution is -0.161. The molecule has 2 rings (SSSR count). The molecule has 0 spiro atoms. The Morgan fingerprint density at radius 3 is 2.88 bits per heavy atom. The maximum atomic E-state index is 13.5. The molecule has 1 saturated heterocycles. The Kier molecular flexibility index (Phi) is 3.15. The Bertz CT molecular complexity index is 400. The number of ether oxygens (including phenoxy) is 2. The van der Waals surface area contributed by atoms with Crippen LogP contribution in [0.2, 0.25) is 0 Å². The second-order valence-corrected chi connectivity index (χ2v) is 4.08. The van der Waals surface area contributed by atoms with Crippen molar-refractivity contribution in [1.82, 2.24) is 0 Å². The summed E-state index contributed by atoms with van der Waals surface area (Å²) in [7, 11) is 0. The summed E-state index contributed by atoms with van der Waals surface area (Å²) in [6, 6.07) is 3.18. The molecule has 88 valence electrons. The van der Waals surface area contributed by atoms with Gasteiger partial charge in [-0.1, -0.05) is 0 Å². The lowest BCUT2D eigenvalue weighted by atomic mass is 10.1. The quantitative estimate of drug-likeness (QED) is 0.750. The predicted octanol–water partition coefficient (Wildman–Crippen LogP) is 2.79. The van der Waals surface area contributed by atoms with E-state index in [-0.39, 0.29) is 24.2 Å². The van der Waals surface area contributed by atoms with E-state index < -0.39 is 17.4 Å². The van der Waals surface area contributed by atoms with Crippen molar-refractivity contribution in [3.8, 4) is 0 Å². The van der Waals surface area contributed by atoms with Crippen LogP contribution in [0.4, 0.5) is 8.78 Å². The molecule has 1 aromatic carbocycles. The third-order valence-corrected chi connectivity index (χ3v) is 2.87. The highest BCUT2D eigenvalue weighted by atomic mass is 35.5. The molecule has 0 amide bonds. The Morgan fingerprint density at radius 2 is 2.25 bits per heavy atom. The van der Waals surface area contributed by atoms with E-state index >= 15 is 0 Å². The Morgan fingerprint density at radius 1 is 1.50 bits per heavy atom. The van der Waals surface area contributed by atoms with Crippen molar-refractivity contribution in [2.75, 3.05) is 12.5 Å². The Balaban J connectivity index is 2.33. The molecule has 1 fully saturated rings. The number of benzene rings is 1. The van der Waals surface area contributed by atoms with Crippen molar-refractivity contribution in [2.24, 2.45) is 0 Å². The van der Waals surface area contributed by atoms with Gasteiger partial charge in [0.1, 0.15) is 11.6 Å². The lowest BCUT2D eigenvalue weighted by Crippen LogP contribution is -2.25. The van der Waals surface area contributed by atoms with Gasteiger partial charge in [-0.15, -0.1) is 11.6 Å². The van der Waals surface area contributed by atoms with Crippen LogP contribution in [0.15, 0.2) is 18.2 Å². The molecule has 2 unspecified atom stereocenters. The van der Waals surface area contributed by atoms with E-state index in [1.54, 1.807) is 6.92 Å². The minimum atomic E-state index is -1.26. The smallest absolute Gasteiger partial charge is 0.195 e. The molecular weight excluding hydrogens is 238 g/mol. The summed E-state index contributed by atoms with van der Waals surface area (Å²) in [5, 5.41) is 0. The van der Waals surface area contributed by atoms with Crippen LogP contribution in [0.5, 0.6) is 0 Å². The zero-order chi connectivity index (χ0) is 11.8. The molecule has 0 bridgehead atoms. The van der Waals surface area contributed by atoms with Crippen LogP contribution in [-0.4, -0.2) is 18.6 Å². The largest absolute Gasteiger partial charge is 0.343 e. The number of halogens is 3. The summed E-state index contributed by atoms with van der Waals surface area (Å²) in [5.41, 5.74) is 0.0557. The standard InChI is InChI=1S/C11H11ClF2O2/c1-11(15-6-8(5-12)16-11)9-4-7(13)2-3-10(9)14/h2-4,8H,5-6H2,1H3. The molecule has 5 heteroatoms. The molecule has 16 heavy (non-hydrogen) atoms. The Hall–Kier alpha value is -0.710. The van der Waals surface area contributed by atoms with E-state index in [4.69, 9.17) is 21.1 Å². The van der Waals surface area contributed by atoms with Crippen LogP contribution in [-0.2, 0) is 15.3 Å². The van der Waals surface area contributed by atoms with E-state index in [1.807, 2.05) is 0 Å². The van der Waals surface area contributed by atoms with Crippen LogP contribution in [0, 0.1) is 11.6 Å². The summed E-state index contributed by atoms with van der Waals surface area (Å²) in [4.78, 5) is 0. The molecule has 0 aromatic heterocycles. The third kappa shape index (κ3) is 2.05. The van der Waals surface area contributed by atoms with Gasteiger partial charge in [0.15, 0.2) is 5.79 Å². The van der Waals surface area contributed by atoms with Gasteiger partial charge in [-0.05, 0) is 25.1 Å². The summed E-state index contributed by atoms with van der Waals surface area (Å²) >= 11 is 5.62. The first kappa shape index (κ1) is 11.8. The van der Waals surface area contributed by atoms with Crippen molar-refractivity contribution >= 4 is 11.6 Å². The third-order valence-electron chi connectivity index (χ3n) is 2.53. The van der Waals surface area contributed by atoms with Gasteiger partial charge in [-0.2, -0.15) is 0 Å². The highest BCUT2D eigenvalue weighted by Crippen LogP contribution is 2.35. The van der Waals surface area contributed by atoms with Crippen molar-refractivity contribution in [3.05, 3.63) is 35.4 Å². The minimum Gasteiger partial charge on any atom is -0.343 e. The molecule has 2 nitrogen and oxygen atoms in total. The first-order valence-corrected chi connectivity index (χ1v) is 5.42. The van der Waals surface area contributed by atoms with Crippen molar-refractivity contribution in [2.45, 2.75) is 18.8 Å². The van der Waals surface area contributed by atoms with Gasteiger partial charge in [0, 0.05) is 5.56 Å². The molecule has 0 N–H and O–H groups in total. The first-order valence-electron chi connectivity index (χ1n) is 4.88. The summed E-state index contributed by atoms with van der Waals surface area (Å²) in [6.07, 6.45) is -0.297. The number of hydrogen-bond acceptors (Lipinski definition) is 2. The van der Waals surface area contributed by atoms with Crippen LogP contribution in [0.3, 0.4) is 0 Å². The molecule has 1 aromatic rings. The second-order valence-electron chi connectivity index (χ2n) is 3.78. The fourth-order valence-electron chi connectivity index (χ4n) is 1.70. The average molecular weight is 249 g/mol. The van der Waals surface area contributed by atoms with Gasteiger partial charge in [0.05, 0.1) is 18.6 Å². The zero-order valence-corrected chi connectivity index (χ0v) is 9.43. The number of rotatable bonds is 2. The fraction of sp³-hybridized carbons (Fsp3) is 0.455. The molecule has 2 atom stereocenters. The van der Waals surface area contributed by atoms with Crippen molar-refractivity contribution < 1.29 is 18.3 Å². The van der Waals surface area contributed by atoms with Crippen LogP contribution in [0.1, 0.15) is 12.5 Å². The lowest BCUT2D eigenvalue weighted by Gasteiger charge is -2.24. The highest BCUT2D eigenvalue weighted by Gasteiger charge is 2.40. The summed E-state index contributed by atoms with van der Waals surface area (Å²) in [5.74, 6) is -2.09.